The van der Waals surface area contributed by atoms with Crippen LogP contribution in [-0.4, -0.2) is 42.8 Å². The lowest BCUT2D eigenvalue weighted by atomic mass is 10.3. The third-order valence-electron chi connectivity index (χ3n) is 4.42. The van der Waals surface area contributed by atoms with Crippen LogP contribution in [0.5, 0.6) is 0 Å². The van der Waals surface area contributed by atoms with Crippen LogP contribution in [0.3, 0.4) is 0 Å². The van der Waals surface area contributed by atoms with Crippen molar-refractivity contribution in [1.82, 2.24) is 24.5 Å². The van der Waals surface area contributed by atoms with Crippen LogP contribution in [0.15, 0.2) is 59.2 Å². The molecule has 4 rings (SSSR count). The van der Waals surface area contributed by atoms with Gasteiger partial charge in [-0.3, -0.25) is 9.59 Å². The fraction of sp³-hybridized carbons (Fsp3) is 0.190. The second-order valence-electron chi connectivity index (χ2n) is 6.84. The Morgan fingerprint density at radius 2 is 1.90 bits per heavy atom. The number of para-hydroxylation sites is 1. The van der Waals surface area contributed by atoms with Crippen LogP contribution in [0.2, 0.25) is 0 Å². The van der Waals surface area contributed by atoms with Crippen molar-refractivity contribution in [3.63, 3.8) is 0 Å². The van der Waals surface area contributed by atoms with Crippen molar-refractivity contribution < 1.29 is 14.0 Å². The smallest absolute Gasteiger partial charge is 0.294 e. The summed E-state index contributed by atoms with van der Waals surface area (Å²) in [5, 5.41) is 7.06. The van der Waals surface area contributed by atoms with Gasteiger partial charge in [0.25, 0.3) is 11.7 Å². The summed E-state index contributed by atoms with van der Waals surface area (Å²) in [6.45, 7) is 3.63. The van der Waals surface area contributed by atoms with E-state index < -0.39 is 5.91 Å². The maximum Gasteiger partial charge on any atom is 0.294 e. The summed E-state index contributed by atoms with van der Waals surface area (Å²) in [5.74, 6) is 0.0229. The van der Waals surface area contributed by atoms with Crippen LogP contribution in [0.1, 0.15) is 27.8 Å². The number of fused-ring (bicyclic) bond motifs is 1. The number of hydrogen-bond donors (Lipinski definition) is 1. The highest BCUT2D eigenvalue weighted by Gasteiger charge is 2.25. The molecule has 3 aromatic heterocycles. The van der Waals surface area contributed by atoms with Crippen LogP contribution in [0, 0.1) is 13.8 Å². The lowest BCUT2D eigenvalue weighted by Crippen LogP contribution is -2.38. The van der Waals surface area contributed by atoms with Gasteiger partial charge in [-0.05, 0) is 44.2 Å². The van der Waals surface area contributed by atoms with Gasteiger partial charge in [-0.15, -0.1) is 5.10 Å². The molecule has 2 amide bonds. The van der Waals surface area contributed by atoms with Gasteiger partial charge < -0.3 is 14.6 Å². The van der Waals surface area contributed by atoms with Gasteiger partial charge in [0.2, 0.25) is 11.7 Å². The van der Waals surface area contributed by atoms with Crippen molar-refractivity contribution in [2.45, 2.75) is 20.4 Å². The highest BCUT2D eigenvalue weighted by atomic mass is 16.3. The molecule has 152 valence electrons. The zero-order valence-electron chi connectivity index (χ0n) is 16.6. The van der Waals surface area contributed by atoms with E-state index in [9.17, 15) is 9.59 Å². The van der Waals surface area contributed by atoms with Crippen LogP contribution in [0.4, 0.5) is 5.69 Å². The number of nitrogens with one attached hydrogen (secondary N) is 1. The Bertz CT molecular complexity index is 1180. The van der Waals surface area contributed by atoms with Crippen molar-refractivity contribution in [2.75, 3.05) is 11.9 Å². The Morgan fingerprint density at radius 1 is 1.10 bits per heavy atom. The summed E-state index contributed by atoms with van der Waals surface area (Å²) in [4.78, 5) is 35.6. The van der Waals surface area contributed by atoms with Crippen molar-refractivity contribution in [1.29, 1.82) is 0 Å². The van der Waals surface area contributed by atoms with Gasteiger partial charge in [-0.2, -0.15) is 4.98 Å². The molecule has 0 aliphatic rings. The molecule has 0 spiro atoms. The Morgan fingerprint density at radius 3 is 2.63 bits per heavy atom. The highest BCUT2D eigenvalue weighted by molar-refractivity contribution is 5.97. The average molecular weight is 404 g/mol. The largest absolute Gasteiger partial charge is 0.467 e. The van der Waals surface area contributed by atoms with Gasteiger partial charge >= 0.3 is 0 Å². The molecule has 1 N–H and O–H groups in total. The second-order valence-corrected chi connectivity index (χ2v) is 6.84. The van der Waals surface area contributed by atoms with Gasteiger partial charge in [0.1, 0.15) is 12.3 Å². The molecule has 0 radical (unpaired) electrons. The molecule has 30 heavy (non-hydrogen) atoms. The summed E-state index contributed by atoms with van der Waals surface area (Å²) in [5.41, 5.74) is 2.23. The number of benzene rings is 1. The van der Waals surface area contributed by atoms with Gasteiger partial charge in [0, 0.05) is 17.1 Å². The van der Waals surface area contributed by atoms with Gasteiger partial charge in [-0.1, -0.05) is 18.2 Å². The van der Waals surface area contributed by atoms with E-state index in [2.05, 4.69) is 20.4 Å². The number of aromatic nitrogens is 4. The third-order valence-corrected chi connectivity index (χ3v) is 4.42. The first kappa shape index (κ1) is 19.3. The fourth-order valence-corrected chi connectivity index (χ4v) is 3.08. The second kappa shape index (κ2) is 8.16. The topological polar surface area (TPSA) is 106 Å². The number of hydrogen-bond acceptors (Lipinski definition) is 6. The molecule has 9 nitrogen and oxygen atoms in total. The zero-order valence-corrected chi connectivity index (χ0v) is 16.6. The Balaban J connectivity index is 1.59. The minimum Gasteiger partial charge on any atom is -0.467 e. The number of amides is 2. The van der Waals surface area contributed by atoms with E-state index in [4.69, 9.17) is 4.42 Å². The lowest BCUT2D eigenvalue weighted by Gasteiger charge is -2.19. The monoisotopic (exact) mass is 404 g/mol. The molecule has 0 saturated heterocycles. The molecular weight excluding hydrogens is 384 g/mol. The summed E-state index contributed by atoms with van der Waals surface area (Å²) in [7, 11) is 0. The SMILES string of the molecule is Cc1cc(C)n2nc(C(=O)N(CC(=O)Nc3ccccc3)Cc3ccco3)nc2n1. The molecule has 0 unspecified atom stereocenters. The summed E-state index contributed by atoms with van der Waals surface area (Å²) >= 11 is 0. The van der Waals surface area contributed by atoms with Crippen molar-refractivity contribution >= 4 is 23.3 Å². The number of rotatable bonds is 6. The average Bonchev–Trinajstić information content (AvgIpc) is 3.37. The molecule has 9 heteroatoms. The van der Waals surface area contributed by atoms with Crippen molar-refractivity contribution in [3.05, 3.63) is 77.8 Å². The number of anilines is 1. The lowest BCUT2D eigenvalue weighted by molar-refractivity contribution is -0.117. The zero-order chi connectivity index (χ0) is 21.1. The fourth-order valence-electron chi connectivity index (χ4n) is 3.08. The van der Waals surface area contributed by atoms with E-state index in [1.54, 1.807) is 24.3 Å². The van der Waals surface area contributed by atoms with E-state index in [-0.39, 0.29) is 24.8 Å². The molecule has 3 heterocycles. The van der Waals surface area contributed by atoms with E-state index >= 15 is 0 Å². The van der Waals surface area contributed by atoms with E-state index in [1.165, 1.54) is 15.7 Å². The van der Waals surface area contributed by atoms with Gasteiger partial charge in [-0.25, -0.2) is 9.50 Å². The molecular formula is C21H20N6O3. The van der Waals surface area contributed by atoms with E-state index in [0.29, 0.717) is 17.2 Å². The standard InChI is InChI=1S/C21H20N6O3/c1-14-11-15(2)27-21(22-14)24-19(25-27)20(29)26(12-17-9-6-10-30-17)13-18(28)23-16-7-4-3-5-8-16/h3-11H,12-13H2,1-2H3,(H,23,28). The number of carbonyl (C=O) groups excluding carboxylic acids is 2. The predicted octanol–water partition coefficient (Wildman–Crippen LogP) is 2.62. The Kier molecular flexibility index (Phi) is 5.25. The van der Waals surface area contributed by atoms with Crippen LogP contribution < -0.4 is 5.32 Å². The third kappa shape index (κ3) is 4.19. The number of furan rings is 1. The normalized spacial score (nSPS) is 10.9. The minimum atomic E-state index is -0.489. The molecule has 0 fully saturated rings. The number of nitrogens with zero attached hydrogens (tertiary/aromatic N) is 5. The quantitative estimate of drug-likeness (QED) is 0.530. The first-order valence-electron chi connectivity index (χ1n) is 9.37. The van der Waals surface area contributed by atoms with E-state index in [1.807, 2.05) is 38.1 Å². The van der Waals surface area contributed by atoms with Crippen molar-refractivity contribution in [2.24, 2.45) is 0 Å². The first-order chi connectivity index (χ1) is 14.5. The Hall–Kier alpha value is -4.01. The maximum absolute atomic E-state index is 13.2. The molecule has 0 atom stereocenters. The predicted molar refractivity (Wildman–Crippen MR) is 109 cm³/mol. The highest BCUT2D eigenvalue weighted by Crippen LogP contribution is 2.12. The number of carbonyl (C=O) groups is 2. The summed E-state index contributed by atoms with van der Waals surface area (Å²) in [6.07, 6.45) is 1.52. The maximum atomic E-state index is 13.2. The minimum absolute atomic E-state index is 0.0322. The Labute approximate surface area is 172 Å². The molecule has 0 saturated carbocycles. The van der Waals surface area contributed by atoms with Gasteiger partial charge in [0.05, 0.1) is 12.8 Å². The summed E-state index contributed by atoms with van der Waals surface area (Å²) in [6, 6.07) is 14.4. The molecule has 0 aliphatic heterocycles. The molecule has 0 bridgehead atoms. The summed E-state index contributed by atoms with van der Waals surface area (Å²) < 4.78 is 6.87. The van der Waals surface area contributed by atoms with Crippen molar-refractivity contribution in [3.8, 4) is 0 Å². The molecule has 1 aromatic carbocycles. The van der Waals surface area contributed by atoms with Crippen LogP contribution >= 0.6 is 0 Å². The molecule has 4 aromatic rings. The van der Waals surface area contributed by atoms with E-state index in [0.717, 1.165) is 11.4 Å². The van der Waals surface area contributed by atoms with Crippen LogP contribution in [0.25, 0.3) is 5.78 Å². The number of aryl methyl sites for hydroxylation is 2. The van der Waals surface area contributed by atoms with Crippen LogP contribution in [-0.2, 0) is 11.3 Å². The first-order valence-corrected chi connectivity index (χ1v) is 9.37. The molecule has 0 aliphatic carbocycles. The van der Waals surface area contributed by atoms with Gasteiger partial charge in [0.15, 0.2) is 0 Å².